The maximum absolute atomic E-state index is 11.2. The summed E-state index contributed by atoms with van der Waals surface area (Å²) in [4.78, 5) is 11.2. The van der Waals surface area contributed by atoms with E-state index in [1.54, 1.807) is 24.3 Å². The maximum atomic E-state index is 11.2. The van der Waals surface area contributed by atoms with Crippen LogP contribution in [0.4, 0.5) is 0 Å². The number of hydrogen-bond acceptors (Lipinski definition) is 2. The van der Waals surface area contributed by atoms with Gasteiger partial charge < -0.3 is 9.52 Å². The molecule has 0 fully saturated rings. The molecule has 4 heteroatoms. The Bertz CT molecular complexity index is 557. The zero-order valence-corrected chi connectivity index (χ0v) is 10.4. The number of fused-ring (bicyclic) bond motifs is 1. The highest BCUT2D eigenvalue weighted by molar-refractivity contribution is 6.31. The summed E-state index contributed by atoms with van der Waals surface area (Å²) in [6.07, 6.45) is 0. The molecule has 2 aromatic rings. The van der Waals surface area contributed by atoms with Gasteiger partial charge in [-0.25, -0.2) is 0 Å². The number of aliphatic carboxylic acids is 1. The summed E-state index contributed by atoms with van der Waals surface area (Å²) in [6, 6.07) is 6.99. The second-order valence-electron chi connectivity index (χ2n) is 4.39. The summed E-state index contributed by atoms with van der Waals surface area (Å²) < 4.78 is 5.57. The number of rotatable bonds is 3. The molecule has 0 aliphatic heterocycles. The molecule has 0 amide bonds. The van der Waals surface area contributed by atoms with Gasteiger partial charge in [-0.3, -0.25) is 4.79 Å². The highest BCUT2D eigenvalue weighted by Crippen LogP contribution is 2.31. The second-order valence-corrected chi connectivity index (χ2v) is 4.83. The van der Waals surface area contributed by atoms with Gasteiger partial charge in [0.15, 0.2) is 0 Å². The van der Waals surface area contributed by atoms with E-state index in [1.165, 1.54) is 0 Å². The van der Waals surface area contributed by atoms with E-state index in [1.807, 2.05) is 13.8 Å². The molecular formula is C13H13ClO3. The predicted molar refractivity (Wildman–Crippen MR) is 66.4 cm³/mol. The number of furan rings is 1. The van der Waals surface area contributed by atoms with E-state index in [0.29, 0.717) is 16.4 Å². The fourth-order valence-electron chi connectivity index (χ4n) is 1.92. The van der Waals surface area contributed by atoms with Crippen molar-refractivity contribution in [1.29, 1.82) is 0 Å². The van der Waals surface area contributed by atoms with Gasteiger partial charge >= 0.3 is 5.97 Å². The van der Waals surface area contributed by atoms with Gasteiger partial charge in [-0.2, -0.15) is 0 Å². The number of carboxylic acid groups (broad SMARTS) is 1. The fraction of sp³-hybridized carbons (Fsp3) is 0.308. The van der Waals surface area contributed by atoms with Gasteiger partial charge in [-0.05, 0) is 30.2 Å². The average Bonchev–Trinajstić information content (AvgIpc) is 2.58. The van der Waals surface area contributed by atoms with E-state index in [-0.39, 0.29) is 5.92 Å². The Labute approximate surface area is 104 Å². The van der Waals surface area contributed by atoms with Crippen LogP contribution in [0.1, 0.15) is 25.5 Å². The minimum atomic E-state index is -0.870. The van der Waals surface area contributed by atoms with Crippen LogP contribution in [-0.2, 0) is 4.79 Å². The van der Waals surface area contributed by atoms with Gasteiger partial charge in [0.1, 0.15) is 17.3 Å². The first kappa shape index (κ1) is 12.0. The topological polar surface area (TPSA) is 50.4 Å². The lowest BCUT2D eigenvalue weighted by Crippen LogP contribution is -2.16. The van der Waals surface area contributed by atoms with E-state index >= 15 is 0 Å². The summed E-state index contributed by atoms with van der Waals surface area (Å²) in [5.74, 6) is -1.04. The molecule has 1 aromatic carbocycles. The SMILES string of the molecule is CC(C)C(C(=O)O)c1cc2cc(Cl)ccc2o1. The van der Waals surface area contributed by atoms with Crippen molar-refractivity contribution in [2.75, 3.05) is 0 Å². The Balaban J connectivity index is 2.51. The summed E-state index contributed by atoms with van der Waals surface area (Å²) in [5, 5.41) is 10.6. The molecule has 1 aromatic heterocycles. The molecule has 1 heterocycles. The zero-order valence-electron chi connectivity index (χ0n) is 9.61. The summed E-state index contributed by atoms with van der Waals surface area (Å²) in [5.41, 5.74) is 0.663. The Kier molecular flexibility index (Phi) is 3.11. The van der Waals surface area contributed by atoms with E-state index in [2.05, 4.69) is 0 Å². The predicted octanol–water partition coefficient (Wildman–Crippen LogP) is 3.91. The van der Waals surface area contributed by atoms with E-state index in [9.17, 15) is 9.90 Å². The van der Waals surface area contributed by atoms with Crippen LogP contribution in [0.25, 0.3) is 11.0 Å². The fourth-order valence-corrected chi connectivity index (χ4v) is 2.10. The van der Waals surface area contributed by atoms with Crippen LogP contribution in [0.5, 0.6) is 0 Å². The molecule has 1 atom stereocenters. The first-order valence-electron chi connectivity index (χ1n) is 5.41. The molecule has 0 radical (unpaired) electrons. The number of benzene rings is 1. The Morgan fingerprint density at radius 3 is 2.65 bits per heavy atom. The Hall–Kier alpha value is -1.48. The van der Waals surface area contributed by atoms with Gasteiger partial charge in [0.05, 0.1) is 0 Å². The minimum absolute atomic E-state index is 0.0245. The van der Waals surface area contributed by atoms with Gasteiger partial charge in [0.25, 0.3) is 0 Å². The first-order chi connectivity index (χ1) is 7.99. The molecule has 2 rings (SSSR count). The van der Waals surface area contributed by atoms with Crippen molar-refractivity contribution >= 4 is 28.5 Å². The van der Waals surface area contributed by atoms with Crippen molar-refractivity contribution in [2.24, 2.45) is 5.92 Å². The molecule has 0 saturated heterocycles. The Morgan fingerprint density at radius 2 is 2.06 bits per heavy atom. The molecule has 0 spiro atoms. The van der Waals surface area contributed by atoms with E-state index in [0.717, 1.165) is 5.39 Å². The molecule has 17 heavy (non-hydrogen) atoms. The quantitative estimate of drug-likeness (QED) is 0.901. The standard InChI is InChI=1S/C13H13ClO3/c1-7(2)12(13(15)16)11-6-8-5-9(14)3-4-10(8)17-11/h3-7,12H,1-2H3,(H,15,16). The van der Waals surface area contributed by atoms with Crippen LogP contribution in [0.2, 0.25) is 5.02 Å². The molecule has 1 unspecified atom stereocenters. The smallest absolute Gasteiger partial charge is 0.314 e. The van der Waals surface area contributed by atoms with Crippen molar-refractivity contribution in [2.45, 2.75) is 19.8 Å². The lowest BCUT2D eigenvalue weighted by atomic mass is 9.93. The third-order valence-corrected chi connectivity index (χ3v) is 2.97. The largest absolute Gasteiger partial charge is 0.481 e. The monoisotopic (exact) mass is 252 g/mol. The molecule has 90 valence electrons. The third kappa shape index (κ3) is 2.29. The highest BCUT2D eigenvalue weighted by Gasteiger charge is 2.27. The number of halogens is 1. The zero-order chi connectivity index (χ0) is 12.6. The highest BCUT2D eigenvalue weighted by atomic mass is 35.5. The molecule has 0 aliphatic carbocycles. The first-order valence-corrected chi connectivity index (χ1v) is 5.78. The molecule has 0 bridgehead atoms. The van der Waals surface area contributed by atoms with Crippen molar-refractivity contribution in [3.05, 3.63) is 35.0 Å². The molecule has 0 saturated carbocycles. The van der Waals surface area contributed by atoms with Crippen molar-refractivity contribution in [3.8, 4) is 0 Å². The Morgan fingerprint density at radius 1 is 1.35 bits per heavy atom. The van der Waals surface area contributed by atoms with Gasteiger partial charge in [-0.15, -0.1) is 0 Å². The lowest BCUT2D eigenvalue weighted by Gasteiger charge is -2.12. The van der Waals surface area contributed by atoms with Crippen molar-refractivity contribution < 1.29 is 14.3 Å². The van der Waals surface area contributed by atoms with Crippen LogP contribution in [0.15, 0.2) is 28.7 Å². The summed E-state index contributed by atoms with van der Waals surface area (Å²) in [6.45, 7) is 3.72. The van der Waals surface area contributed by atoms with Crippen LogP contribution < -0.4 is 0 Å². The van der Waals surface area contributed by atoms with Crippen LogP contribution in [-0.4, -0.2) is 11.1 Å². The summed E-state index contributed by atoms with van der Waals surface area (Å²) >= 11 is 5.87. The number of hydrogen-bond donors (Lipinski definition) is 1. The van der Waals surface area contributed by atoms with E-state index < -0.39 is 11.9 Å². The average molecular weight is 253 g/mol. The van der Waals surface area contributed by atoms with E-state index in [4.69, 9.17) is 16.0 Å². The number of carboxylic acids is 1. The number of carbonyl (C=O) groups is 1. The van der Waals surface area contributed by atoms with Crippen LogP contribution in [0, 0.1) is 5.92 Å². The molecule has 1 N–H and O–H groups in total. The van der Waals surface area contributed by atoms with Gasteiger partial charge in [0, 0.05) is 10.4 Å². The lowest BCUT2D eigenvalue weighted by molar-refractivity contribution is -0.140. The van der Waals surface area contributed by atoms with Crippen LogP contribution in [0.3, 0.4) is 0 Å². The van der Waals surface area contributed by atoms with Crippen molar-refractivity contribution in [1.82, 2.24) is 0 Å². The maximum Gasteiger partial charge on any atom is 0.314 e. The normalized spacial score (nSPS) is 13.2. The van der Waals surface area contributed by atoms with Gasteiger partial charge in [0.2, 0.25) is 0 Å². The third-order valence-electron chi connectivity index (χ3n) is 2.74. The molecular weight excluding hydrogens is 240 g/mol. The molecule has 0 aliphatic rings. The molecule has 3 nitrogen and oxygen atoms in total. The van der Waals surface area contributed by atoms with Crippen LogP contribution >= 0.6 is 11.6 Å². The summed E-state index contributed by atoms with van der Waals surface area (Å²) in [7, 11) is 0. The van der Waals surface area contributed by atoms with Crippen molar-refractivity contribution in [3.63, 3.8) is 0 Å². The van der Waals surface area contributed by atoms with Gasteiger partial charge in [-0.1, -0.05) is 25.4 Å². The minimum Gasteiger partial charge on any atom is -0.481 e. The second kappa shape index (κ2) is 4.41.